The monoisotopic (exact) mass is 316 g/mol. The van der Waals surface area contributed by atoms with Gasteiger partial charge in [-0.1, -0.05) is 12.1 Å². The molecule has 2 rings (SSSR count). The van der Waals surface area contributed by atoms with Crippen LogP contribution in [0.15, 0.2) is 34.7 Å². The number of aryl methyl sites for hydroxylation is 2. The number of amides is 2. The molecule has 1 aromatic carbocycles. The summed E-state index contributed by atoms with van der Waals surface area (Å²) in [5.74, 6) is 0.564. The van der Waals surface area contributed by atoms with Crippen LogP contribution in [0.25, 0.3) is 0 Å². The van der Waals surface area contributed by atoms with Gasteiger partial charge in [-0.15, -0.1) is 0 Å². The second-order valence-electron chi connectivity index (χ2n) is 5.00. The first-order chi connectivity index (χ1) is 11.0. The molecule has 0 bridgehead atoms. The zero-order valence-corrected chi connectivity index (χ0v) is 13.4. The minimum absolute atomic E-state index is 0.239. The molecule has 0 aliphatic heterocycles. The maximum absolute atomic E-state index is 12.0. The molecule has 6 nitrogen and oxygen atoms in total. The predicted octanol–water partition coefficient (Wildman–Crippen LogP) is 2.55. The van der Waals surface area contributed by atoms with Crippen molar-refractivity contribution in [2.45, 2.75) is 27.3 Å². The lowest BCUT2D eigenvalue weighted by Crippen LogP contribution is -2.35. The normalized spacial score (nSPS) is 10.2. The molecular weight excluding hydrogens is 296 g/mol. The Morgan fingerprint density at radius 2 is 1.91 bits per heavy atom. The molecule has 122 valence electrons. The summed E-state index contributed by atoms with van der Waals surface area (Å²) < 4.78 is 10.8. The van der Waals surface area contributed by atoms with E-state index in [0.717, 1.165) is 17.1 Å². The van der Waals surface area contributed by atoms with Crippen LogP contribution in [0.4, 0.5) is 5.69 Å². The Balaban J connectivity index is 1.95. The van der Waals surface area contributed by atoms with Crippen molar-refractivity contribution in [2.75, 3.05) is 11.9 Å². The van der Waals surface area contributed by atoms with E-state index in [1.165, 1.54) is 0 Å². The Kier molecular flexibility index (Phi) is 5.41. The van der Waals surface area contributed by atoms with Crippen molar-refractivity contribution in [1.29, 1.82) is 0 Å². The van der Waals surface area contributed by atoms with Crippen molar-refractivity contribution < 1.29 is 18.7 Å². The molecule has 2 amide bonds. The van der Waals surface area contributed by atoms with E-state index in [0.29, 0.717) is 18.0 Å². The van der Waals surface area contributed by atoms with Gasteiger partial charge in [0, 0.05) is 12.1 Å². The predicted molar refractivity (Wildman–Crippen MR) is 86.3 cm³/mol. The molecular formula is C17H20N2O4. The van der Waals surface area contributed by atoms with E-state index >= 15 is 0 Å². The number of rotatable bonds is 5. The minimum atomic E-state index is -0.741. The SMILES string of the molecule is CCOc1ccccc1NC(=O)C(=O)NCc1cc(C)oc1C. The molecule has 0 saturated carbocycles. The first-order valence-electron chi connectivity index (χ1n) is 7.38. The van der Waals surface area contributed by atoms with Gasteiger partial charge in [0.2, 0.25) is 0 Å². The number of nitrogens with one attached hydrogen (secondary N) is 2. The van der Waals surface area contributed by atoms with Gasteiger partial charge in [0.25, 0.3) is 0 Å². The molecule has 2 aromatic rings. The van der Waals surface area contributed by atoms with Crippen molar-refractivity contribution >= 4 is 17.5 Å². The Bertz CT molecular complexity index is 706. The van der Waals surface area contributed by atoms with Crippen LogP contribution in [0.1, 0.15) is 24.0 Å². The lowest BCUT2D eigenvalue weighted by atomic mass is 10.2. The summed E-state index contributed by atoms with van der Waals surface area (Å²) in [6.45, 7) is 6.20. The van der Waals surface area contributed by atoms with Crippen LogP contribution >= 0.6 is 0 Å². The van der Waals surface area contributed by atoms with E-state index in [1.54, 1.807) is 24.3 Å². The molecule has 1 aromatic heterocycles. The van der Waals surface area contributed by atoms with Crippen LogP contribution in [-0.4, -0.2) is 18.4 Å². The van der Waals surface area contributed by atoms with Gasteiger partial charge in [-0.25, -0.2) is 0 Å². The summed E-state index contributed by atoms with van der Waals surface area (Å²) in [7, 11) is 0. The van der Waals surface area contributed by atoms with E-state index in [2.05, 4.69) is 10.6 Å². The molecule has 0 aliphatic rings. The molecule has 2 N–H and O–H groups in total. The third-order valence-corrected chi connectivity index (χ3v) is 3.22. The minimum Gasteiger partial charge on any atom is -0.492 e. The molecule has 0 fully saturated rings. The fourth-order valence-electron chi connectivity index (χ4n) is 2.15. The Morgan fingerprint density at radius 1 is 1.17 bits per heavy atom. The first-order valence-corrected chi connectivity index (χ1v) is 7.38. The fourth-order valence-corrected chi connectivity index (χ4v) is 2.15. The number of hydrogen-bond acceptors (Lipinski definition) is 4. The molecule has 0 spiro atoms. The quantitative estimate of drug-likeness (QED) is 0.831. The molecule has 6 heteroatoms. The summed E-state index contributed by atoms with van der Waals surface area (Å²) in [4.78, 5) is 23.9. The standard InChI is InChI=1S/C17H20N2O4/c1-4-22-15-8-6-5-7-14(15)19-17(21)16(20)18-10-13-9-11(2)23-12(13)3/h5-9H,4,10H2,1-3H3,(H,18,20)(H,19,21). The van der Waals surface area contributed by atoms with Crippen molar-refractivity contribution in [1.82, 2.24) is 5.32 Å². The van der Waals surface area contributed by atoms with Gasteiger partial charge in [-0.3, -0.25) is 9.59 Å². The Hall–Kier alpha value is -2.76. The topological polar surface area (TPSA) is 80.6 Å². The molecule has 0 atom stereocenters. The highest BCUT2D eigenvalue weighted by Crippen LogP contribution is 2.23. The smallest absolute Gasteiger partial charge is 0.313 e. The molecule has 0 aliphatic carbocycles. The van der Waals surface area contributed by atoms with Crippen molar-refractivity contribution in [3.05, 3.63) is 47.4 Å². The number of carbonyl (C=O) groups is 2. The van der Waals surface area contributed by atoms with Gasteiger partial charge < -0.3 is 19.8 Å². The van der Waals surface area contributed by atoms with Gasteiger partial charge in [0.1, 0.15) is 17.3 Å². The highest BCUT2D eigenvalue weighted by Gasteiger charge is 2.16. The van der Waals surface area contributed by atoms with Crippen LogP contribution in [-0.2, 0) is 16.1 Å². The van der Waals surface area contributed by atoms with Crippen LogP contribution < -0.4 is 15.4 Å². The van der Waals surface area contributed by atoms with Gasteiger partial charge in [0.05, 0.1) is 12.3 Å². The zero-order chi connectivity index (χ0) is 16.8. The maximum atomic E-state index is 12.0. The van der Waals surface area contributed by atoms with Crippen molar-refractivity contribution in [3.63, 3.8) is 0 Å². The Labute approximate surface area is 134 Å². The maximum Gasteiger partial charge on any atom is 0.313 e. The third kappa shape index (κ3) is 4.35. The van der Waals surface area contributed by atoms with E-state index in [1.807, 2.05) is 26.8 Å². The number of hydrogen-bond donors (Lipinski definition) is 2. The van der Waals surface area contributed by atoms with Crippen LogP contribution in [0.3, 0.4) is 0 Å². The van der Waals surface area contributed by atoms with E-state index in [9.17, 15) is 9.59 Å². The van der Waals surface area contributed by atoms with Gasteiger partial charge in [-0.2, -0.15) is 0 Å². The van der Waals surface area contributed by atoms with Crippen molar-refractivity contribution in [3.8, 4) is 5.75 Å². The molecule has 1 heterocycles. The van der Waals surface area contributed by atoms with E-state index in [-0.39, 0.29) is 6.54 Å². The van der Waals surface area contributed by atoms with Crippen LogP contribution in [0.5, 0.6) is 5.75 Å². The van der Waals surface area contributed by atoms with Crippen LogP contribution in [0, 0.1) is 13.8 Å². The summed E-state index contributed by atoms with van der Waals surface area (Å²) >= 11 is 0. The molecule has 0 saturated heterocycles. The number of para-hydroxylation sites is 2. The summed E-state index contributed by atoms with van der Waals surface area (Å²) in [6.07, 6.45) is 0. The van der Waals surface area contributed by atoms with Crippen LogP contribution in [0.2, 0.25) is 0 Å². The molecule has 0 radical (unpaired) electrons. The second-order valence-corrected chi connectivity index (χ2v) is 5.00. The molecule has 0 unspecified atom stereocenters. The number of ether oxygens (including phenoxy) is 1. The fraction of sp³-hybridized carbons (Fsp3) is 0.294. The highest BCUT2D eigenvalue weighted by molar-refractivity contribution is 6.39. The summed E-state index contributed by atoms with van der Waals surface area (Å²) in [5.41, 5.74) is 1.31. The lowest BCUT2D eigenvalue weighted by Gasteiger charge is -2.11. The summed E-state index contributed by atoms with van der Waals surface area (Å²) in [5, 5.41) is 5.12. The number of carbonyl (C=O) groups excluding carboxylic acids is 2. The average molecular weight is 316 g/mol. The Morgan fingerprint density at radius 3 is 2.57 bits per heavy atom. The number of furan rings is 1. The number of anilines is 1. The molecule has 23 heavy (non-hydrogen) atoms. The first kappa shape index (κ1) is 16.6. The second kappa shape index (κ2) is 7.49. The van der Waals surface area contributed by atoms with E-state index < -0.39 is 11.8 Å². The van der Waals surface area contributed by atoms with E-state index in [4.69, 9.17) is 9.15 Å². The number of benzene rings is 1. The zero-order valence-electron chi connectivity index (χ0n) is 13.4. The largest absolute Gasteiger partial charge is 0.492 e. The lowest BCUT2D eigenvalue weighted by molar-refractivity contribution is -0.136. The highest BCUT2D eigenvalue weighted by atomic mass is 16.5. The van der Waals surface area contributed by atoms with Gasteiger partial charge in [-0.05, 0) is 39.0 Å². The van der Waals surface area contributed by atoms with Crippen molar-refractivity contribution in [2.24, 2.45) is 0 Å². The third-order valence-electron chi connectivity index (χ3n) is 3.22. The summed E-state index contributed by atoms with van der Waals surface area (Å²) in [6, 6.07) is 8.80. The van der Waals surface area contributed by atoms with Gasteiger partial charge >= 0.3 is 11.8 Å². The average Bonchev–Trinajstić information content (AvgIpc) is 2.84. The van der Waals surface area contributed by atoms with Gasteiger partial charge in [0.15, 0.2) is 0 Å².